The molecular weight excluding hydrogens is 541 g/mol. The molecule has 0 aliphatic rings. The van der Waals surface area contributed by atoms with Crippen molar-refractivity contribution in [2.75, 3.05) is 12.4 Å². The molecule has 0 aromatic heterocycles. The second-order valence-electron chi connectivity index (χ2n) is 7.86. The van der Waals surface area contributed by atoms with Gasteiger partial charge in [0.2, 0.25) is 0 Å². The van der Waals surface area contributed by atoms with Crippen molar-refractivity contribution in [3.05, 3.63) is 81.8 Å². The number of carbonyl (C=O) groups is 1. The number of ether oxygens (including phenoxy) is 1. The van der Waals surface area contributed by atoms with Gasteiger partial charge in [0.1, 0.15) is 22.0 Å². The molecule has 4 rings (SSSR count). The van der Waals surface area contributed by atoms with Crippen molar-refractivity contribution < 1.29 is 27.6 Å². The molecule has 3 N–H and O–H groups in total. The van der Waals surface area contributed by atoms with Crippen LogP contribution in [0.4, 0.5) is 17.1 Å². The number of aryl methyl sites for hydroxylation is 1. The van der Waals surface area contributed by atoms with Crippen LogP contribution in [0.5, 0.6) is 11.5 Å². The van der Waals surface area contributed by atoms with Gasteiger partial charge in [-0.3, -0.25) is 9.35 Å². The molecule has 0 aliphatic carbocycles. The van der Waals surface area contributed by atoms with Crippen molar-refractivity contribution in [2.45, 2.75) is 11.8 Å². The van der Waals surface area contributed by atoms with E-state index in [1.807, 2.05) is 0 Å². The van der Waals surface area contributed by atoms with Crippen molar-refractivity contribution in [3.63, 3.8) is 0 Å². The number of phenolic OH excluding ortho intramolecular Hbond substituents is 1. The van der Waals surface area contributed by atoms with Crippen molar-refractivity contribution in [1.82, 2.24) is 0 Å². The minimum absolute atomic E-state index is 0.0246. The Hall–Kier alpha value is -3.70. The van der Waals surface area contributed by atoms with Gasteiger partial charge < -0.3 is 15.2 Å². The maximum atomic E-state index is 13.1. The van der Waals surface area contributed by atoms with E-state index in [0.717, 1.165) is 6.07 Å². The van der Waals surface area contributed by atoms with Crippen LogP contribution in [0.3, 0.4) is 0 Å². The quantitative estimate of drug-likeness (QED) is 0.170. The van der Waals surface area contributed by atoms with Crippen molar-refractivity contribution in [1.29, 1.82) is 0 Å². The number of nitrogens with one attached hydrogen (secondary N) is 1. The van der Waals surface area contributed by atoms with Gasteiger partial charge in [-0.15, -0.1) is 10.2 Å². The molecule has 4 aromatic carbocycles. The highest BCUT2D eigenvalue weighted by Crippen LogP contribution is 2.42. The zero-order valence-electron chi connectivity index (χ0n) is 19.4. The standard InChI is InChI=1S/C25H19Cl2N3O6S/c1-13-7-10-20(37(33,34)35)21(27)22(13)29-30-23-16-6-4-3-5-14(16)11-17(24(23)31)25(32)28-15-8-9-18(26)19(12-15)36-2/h3-12,31H,1-2H3,(H,28,32)(H,33,34,35). The van der Waals surface area contributed by atoms with Crippen molar-refractivity contribution in [2.24, 2.45) is 10.2 Å². The van der Waals surface area contributed by atoms with E-state index < -0.39 is 26.7 Å². The summed E-state index contributed by atoms with van der Waals surface area (Å²) in [5, 5.41) is 23.0. The molecule has 0 fully saturated rings. The zero-order valence-corrected chi connectivity index (χ0v) is 21.7. The fourth-order valence-corrected chi connectivity index (χ4v) is 4.89. The number of amides is 1. The van der Waals surface area contributed by atoms with E-state index in [1.165, 1.54) is 25.3 Å². The Kier molecular flexibility index (Phi) is 7.37. The lowest BCUT2D eigenvalue weighted by Crippen LogP contribution is -2.12. The zero-order chi connectivity index (χ0) is 26.9. The number of aromatic hydroxyl groups is 1. The second kappa shape index (κ2) is 10.3. The monoisotopic (exact) mass is 559 g/mol. The molecule has 0 unspecified atom stereocenters. The molecular formula is C25H19Cl2N3O6S. The number of azo groups is 1. The predicted molar refractivity (Wildman–Crippen MR) is 142 cm³/mol. The maximum Gasteiger partial charge on any atom is 0.296 e. The average Bonchev–Trinajstić information content (AvgIpc) is 2.85. The van der Waals surface area contributed by atoms with E-state index in [0.29, 0.717) is 32.8 Å². The molecule has 0 atom stereocenters. The number of anilines is 1. The largest absolute Gasteiger partial charge is 0.505 e. The van der Waals surface area contributed by atoms with E-state index in [2.05, 4.69) is 15.5 Å². The predicted octanol–water partition coefficient (Wildman–Crippen LogP) is 7.08. The van der Waals surface area contributed by atoms with Gasteiger partial charge in [-0.1, -0.05) is 53.5 Å². The van der Waals surface area contributed by atoms with Crippen LogP contribution in [0.2, 0.25) is 10.0 Å². The first-order valence-electron chi connectivity index (χ1n) is 10.6. The van der Waals surface area contributed by atoms with Crippen LogP contribution in [-0.4, -0.2) is 31.1 Å². The SMILES string of the molecule is COc1cc(NC(=O)c2cc3ccccc3c(N=Nc3c(C)ccc(S(=O)(=O)O)c3Cl)c2O)ccc1Cl. The highest BCUT2D eigenvalue weighted by Gasteiger charge is 2.21. The first-order chi connectivity index (χ1) is 17.5. The molecule has 4 aromatic rings. The molecule has 1 amide bonds. The summed E-state index contributed by atoms with van der Waals surface area (Å²) in [6, 6.07) is 15.6. The fraction of sp³-hybridized carbons (Fsp3) is 0.0800. The molecule has 0 bridgehead atoms. The van der Waals surface area contributed by atoms with E-state index in [1.54, 1.807) is 43.3 Å². The summed E-state index contributed by atoms with van der Waals surface area (Å²) in [6.45, 7) is 1.62. The summed E-state index contributed by atoms with van der Waals surface area (Å²) in [5.74, 6) is -0.733. The Labute approximate surface area is 222 Å². The Balaban J connectivity index is 1.81. The lowest BCUT2D eigenvalue weighted by Gasteiger charge is -2.12. The number of hydrogen-bond donors (Lipinski definition) is 3. The Morgan fingerprint density at radius 2 is 1.70 bits per heavy atom. The number of benzene rings is 4. The van der Waals surface area contributed by atoms with Gasteiger partial charge in [-0.2, -0.15) is 8.42 Å². The first kappa shape index (κ1) is 26.4. The third kappa shape index (κ3) is 5.37. The van der Waals surface area contributed by atoms with E-state index in [4.69, 9.17) is 27.9 Å². The van der Waals surface area contributed by atoms with Crippen LogP contribution in [0.25, 0.3) is 10.8 Å². The fourth-order valence-electron chi connectivity index (χ4n) is 3.59. The van der Waals surface area contributed by atoms with Crippen LogP contribution in [0.1, 0.15) is 15.9 Å². The average molecular weight is 560 g/mol. The van der Waals surface area contributed by atoms with Crippen molar-refractivity contribution >= 4 is 67.1 Å². The molecule has 12 heteroatoms. The lowest BCUT2D eigenvalue weighted by molar-refractivity contribution is 0.102. The lowest BCUT2D eigenvalue weighted by atomic mass is 10.0. The number of halogens is 2. The topological polar surface area (TPSA) is 138 Å². The van der Waals surface area contributed by atoms with E-state index in [-0.39, 0.29) is 22.0 Å². The smallest absolute Gasteiger partial charge is 0.296 e. The van der Waals surface area contributed by atoms with Crippen LogP contribution >= 0.6 is 23.2 Å². The second-order valence-corrected chi connectivity index (χ2v) is 10.0. The first-order valence-corrected chi connectivity index (χ1v) is 12.8. The highest BCUT2D eigenvalue weighted by atomic mass is 35.5. The molecule has 0 radical (unpaired) electrons. The number of fused-ring (bicyclic) bond motifs is 1. The van der Waals surface area contributed by atoms with Gasteiger partial charge in [0.15, 0.2) is 5.75 Å². The summed E-state index contributed by atoms with van der Waals surface area (Å²) in [6.07, 6.45) is 0. The maximum absolute atomic E-state index is 13.1. The summed E-state index contributed by atoms with van der Waals surface area (Å²) >= 11 is 12.2. The van der Waals surface area contributed by atoms with Crippen LogP contribution < -0.4 is 10.1 Å². The summed E-state index contributed by atoms with van der Waals surface area (Å²) in [4.78, 5) is 12.6. The minimum atomic E-state index is -4.61. The Bertz CT molecular complexity index is 1690. The summed E-state index contributed by atoms with van der Waals surface area (Å²) < 4.78 is 37.9. The number of nitrogens with zero attached hydrogens (tertiary/aromatic N) is 2. The van der Waals surface area contributed by atoms with Gasteiger partial charge >= 0.3 is 0 Å². The number of hydrogen-bond acceptors (Lipinski definition) is 7. The Morgan fingerprint density at radius 1 is 1.00 bits per heavy atom. The molecule has 0 spiro atoms. The molecule has 0 heterocycles. The molecule has 190 valence electrons. The Morgan fingerprint density at radius 3 is 2.41 bits per heavy atom. The van der Waals surface area contributed by atoms with Gasteiger partial charge in [-0.25, -0.2) is 0 Å². The van der Waals surface area contributed by atoms with Gasteiger partial charge in [0.05, 0.1) is 22.7 Å². The van der Waals surface area contributed by atoms with Gasteiger partial charge in [0.25, 0.3) is 16.0 Å². The van der Waals surface area contributed by atoms with Gasteiger partial charge in [0, 0.05) is 17.1 Å². The number of rotatable bonds is 6. The van der Waals surface area contributed by atoms with Crippen LogP contribution in [0.15, 0.2) is 75.8 Å². The third-order valence-electron chi connectivity index (χ3n) is 5.46. The molecule has 0 aliphatic heterocycles. The highest BCUT2D eigenvalue weighted by molar-refractivity contribution is 7.86. The van der Waals surface area contributed by atoms with Crippen molar-refractivity contribution in [3.8, 4) is 11.5 Å². The number of phenols is 1. The minimum Gasteiger partial charge on any atom is -0.505 e. The summed E-state index contributed by atoms with van der Waals surface area (Å²) in [5.41, 5.74) is 0.700. The van der Waals surface area contributed by atoms with Gasteiger partial charge in [-0.05, 0) is 42.1 Å². The molecule has 9 nitrogen and oxygen atoms in total. The number of methoxy groups -OCH3 is 1. The normalized spacial score (nSPS) is 11.7. The molecule has 37 heavy (non-hydrogen) atoms. The summed E-state index contributed by atoms with van der Waals surface area (Å²) in [7, 11) is -3.16. The third-order valence-corrected chi connectivity index (χ3v) is 7.16. The van der Waals surface area contributed by atoms with Crippen LogP contribution in [0, 0.1) is 6.92 Å². The number of carbonyl (C=O) groups excluding carboxylic acids is 1. The van der Waals surface area contributed by atoms with E-state index in [9.17, 15) is 22.9 Å². The van der Waals surface area contributed by atoms with E-state index >= 15 is 0 Å². The van der Waals surface area contributed by atoms with Crippen LogP contribution in [-0.2, 0) is 10.1 Å². The molecule has 0 saturated carbocycles. The molecule has 0 saturated heterocycles.